The molecule has 9 heteroatoms. The highest BCUT2D eigenvalue weighted by molar-refractivity contribution is 6.02. The number of nitrogens with zero attached hydrogens (tertiary/aromatic N) is 4. The molecule has 9 nitrogen and oxygen atoms in total. The maximum absolute atomic E-state index is 12.2. The Morgan fingerprint density at radius 3 is 2.96 bits per heavy atom. The van der Waals surface area contributed by atoms with Gasteiger partial charge in [-0.25, -0.2) is 0 Å². The van der Waals surface area contributed by atoms with E-state index in [1.54, 1.807) is 29.1 Å². The summed E-state index contributed by atoms with van der Waals surface area (Å²) in [6.45, 7) is 2.78. The number of nitrogens with one attached hydrogen (secondary N) is 1. The van der Waals surface area contributed by atoms with Gasteiger partial charge >= 0.3 is 0 Å². The van der Waals surface area contributed by atoms with Gasteiger partial charge in [0.15, 0.2) is 0 Å². The summed E-state index contributed by atoms with van der Waals surface area (Å²) in [5.41, 5.74) is 0.927. The number of aryl methyl sites for hydroxylation is 1. The number of anilines is 1. The molecule has 0 saturated carbocycles. The van der Waals surface area contributed by atoms with E-state index in [1.807, 2.05) is 6.92 Å². The maximum atomic E-state index is 12.2. The van der Waals surface area contributed by atoms with E-state index in [0.29, 0.717) is 5.69 Å². The molecule has 128 valence electrons. The van der Waals surface area contributed by atoms with Crippen molar-refractivity contribution >= 4 is 17.3 Å². The number of hydrogen-bond acceptors (Lipinski definition) is 6. The number of amides is 1. The second-order valence-corrected chi connectivity index (χ2v) is 5.30. The fourth-order valence-electron chi connectivity index (χ4n) is 2.33. The molecule has 2 heterocycles. The summed E-state index contributed by atoms with van der Waals surface area (Å²) in [6, 6.07) is 7.49. The predicted molar refractivity (Wildman–Crippen MR) is 89.1 cm³/mol. The van der Waals surface area contributed by atoms with Crippen LogP contribution in [0.1, 0.15) is 23.9 Å². The third-order valence-corrected chi connectivity index (χ3v) is 3.45. The molecule has 0 atom stereocenters. The average molecular weight is 341 g/mol. The highest BCUT2D eigenvalue weighted by Gasteiger charge is 2.20. The first kappa shape index (κ1) is 16.4. The minimum absolute atomic E-state index is 0.0450. The fraction of sp³-hybridized carbons (Fsp3) is 0.188. The molecular weight excluding hydrogens is 326 g/mol. The molecule has 3 rings (SSSR count). The largest absolute Gasteiger partial charge is 0.350 e. The molecule has 0 bridgehead atoms. The molecule has 0 spiro atoms. The minimum atomic E-state index is -0.508. The first-order valence-corrected chi connectivity index (χ1v) is 7.62. The van der Waals surface area contributed by atoms with Crippen molar-refractivity contribution in [1.82, 2.24) is 14.9 Å². The number of nitro benzene ring substituents is 1. The number of carbonyl (C=O) groups is 1. The van der Waals surface area contributed by atoms with Crippen LogP contribution in [0.2, 0.25) is 0 Å². The average Bonchev–Trinajstić information content (AvgIpc) is 3.25. The number of benzene rings is 1. The third kappa shape index (κ3) is 3.55. The monoisotopic (exact) mass is 341 g/mol. The molecule has 0 fully saturated rings. The summed E-state index contributed by atoms with van der Waals surface area (Å²) < 4.78 is 6.75. The van der Waals surface area contributed by atoms with Crippen molar-refractivity contribution in [2.24, 2.45) is 0 Å². The standard InChI is InChI=1S/C16H15N5O4/c1-2-7-20-10-11(9-17-20)18-16(22)15-8-13(19-25-15)12-5-3-4-6-14(12)21(23)24/h3-6,8-10H,2,7H2,1H3,(H,18,22). The van der Waals surface area contributed by atoms with Crippen LogP contribution in [0.15, 0.2) is 47.2 Å². The van der Waals surface area contributed by atoms with Gasteiger partial charge in [-0.1, -0.05) is 24.2 Å². The van der Waals surface area contributed by atoms with Crippen molar-refractivity contribution in [3.05, 3.63) is 58.6 Å². The smallest absolute Gasteiger partial charge is 0.294 e. The molecule has 1 N–H and O–H groups in total. The lowest BCUT2D eigenvalue weighted by Crippen LogP contribution is -2.10. The van der Waals surface area contributed by atoms with Gasteiger partial charge in [0.2, 0.25) is 5.76 Å². The van der Waals surface area contributed by atoms with Crippen LogP contribution < -0.4 is 5.32 Å². The van der Waals surface area contributed by atoms with Crippen LogP contribution >= 0.6 is 0 Å². The van der Waals surface area contributed by atoms with Crippen LogP contribution in [0.25, 0.3) is 11.3 Å². The van der Waals surface area contributed by atoms with E-state index in [9.17, 15) is 14.9 Å². The Bertz CT molecular complexity index is 915. The van der Waals surface area contributed by atoms with Gasteiger partial charge in [-0.3, -0.25) is 19.6 Å². The molecule has 2 aromatic heterocycles. The molecule has 1 aromatic carbocycles. The fourth-order valence-corrected chi connectivity index (χ4v) is 2.33. The molecule has 0 aliphatic carbocycles. The lowest BCUT2D eigenvalue weighted by Gasteiger charge is -1.98. The van der Waals surface area contributed by atoms with E-state index in [4.69, 9.17) is 4.52 Å². The summed E-state index contributed by atoms with van der Waals surface area (Å²) in [4.78, 5) is 22.8. The zero-order chi connectivity index (χ0) is 17.8. The van der Waals surface area contributed by atoms with Crippen molar-refractivity contribution in [2.45, 2.75) is 19.9 Å². The molecule has 25 heavy (non-hydrogen) atoms. The van der Waals surface area contributed by atoms with Crippen molar-refractivity contribution < 1.29 is 14.2 Å². The summed E-state index contributed by atoms with van der Waals surface area (Å²) in [7, 11) is 0. The normalized spacial score (nSPS) is 10.6. The molecule has 0 unspecified atom stereocenters. The van der Waals surface area contributed by atoms with Crippen LogP contribution in [-0.4, -0.2) is 25.8 Å². The Morgan fingerprint density at radius 1 is 1.40 bits per heavy atom. The molecule has 0 aliphatic rings. The van der Waals surface area contributed by atoms with Crippen molar-refractivity contribution in [3.8, 4) is 11.3 Å². The zero-order valence-electron chi connectivity index (χ0n) is 13.4. The Labute approximate surface area is 142 Å². The number of rotatable bonds is 6. The van der Waals surface area contributed by atoms with E-state index in [-0.39, 0.29) is 22.7 Å². The third-order valence-electron chi connectivity index (χ3n) is 3.45. The molecule has 1 amide bonds. The van der Waals surface area contributed by atoms with Crippen LogP contribution in [0.4, 0.5) is 11.4 Å². The van der Waals surface area contributed by atoms with Gasteiger partial charge in [-0.05, 0) is 12.5 Å². The Kier molecular flexibility index (Phi) is 4.55. The van der Waals surface area contributed by atoms with E-state index in [0.717, 1.165) is 13.0 Å². The van der Waals surface area contributed by atoms with Gasteiger partial charge in [-0.15, -0.1) is 0 Å². The Balaban J connectivity index is 1.79. The van der Waals surface area contributed by atoms with Crippen LogP contribution in [0.3, 0.4) is 0 Å². The number of para-hydroxylation sites is 1. The highest BCUT2D eigenvalue weighted by atomic mass is 16.6. The van der Waals surface area contributed by atoms with Crippen LogP contribution in [0.5, 0.6) is 0 Å². The molecule has 3 aromatic rings. The van der Waals surface area contributed by atoms with E-state index < -0.39 is 10.8 Å². The zero-order valence-corrected chi connectivity index (χ0v) is 13.4. The van der Waals surface area contributed by atoms with Gasteiger partial charge < -0.3 is 9.84 Å². The lowest BCUT2D eigenvalue weighted by molar-refractivity contribution is -0.384. The van der Waals surface area contributed by atoms with Crippen LogP contribution in [-0.2, 0) is 6.54 Å². The SMILES string of the molecule is CCCn1cc(NC(=O)c2cc(-c3ccccc3[N+](=O)[O-])no2)cn1. The van der Waals surface area contributed by atoms with E-state index in [1.165, 1.54) is 18.3 Å². The van der Waals surface area contributed by atoms with E-state index >= 15 is 0 Å². The Morgan fingerprint density at radius 2 is 2.20 bits per heavy atom. The number of carbonyl (C=O) groups excluding carboxylic acids is 1. The summed E-state index contributed by atoms with van der Waals surface area (Å²) in [5, 5.41) is 21.6. The number of aromatic nitrogens is 3. The minimum Gasteiger partial charge on any atom is -0.350 e. The van der Waals surface area contributed by atoms with Gasteiger partial charge in [0.05, 0.1) is 22.4 Å². The van der Waals surface area contributed by atoms with Gasteiger partial charge in [0, 0.05) is 24.9 Å². The quantitative estimate of drug-likeness (QED) is 0.544. The molecule has 0 aliphatic heterocycles. The maximum Gasteiger partial charge on any atom is 0.294 e. The van der Waals surface area contributed by atoms with Gasteiger partial charge in [0.25, 0.3) is 11.6 Å². The topological polar surface area (TPSA) is 116 Å². The van der Waals surface area contributed by atoms with Crippen molar-refractivity contribution in [1.29, 1.82) is 0 Å². The highest BCUT2D eigenvalue weighted by Crippen LogP contribution is 2.29. The van der Waals surface area contributed by atoms with Crippen molar-refractivity contribution in [3.63, 3.8) is 0 Å². The second kappa shape index (κ2) is 6.95. The van der Waals surface area contributed by atoms with Gasteiger partial charge in [0.1, 0.15) is 5.69 Å². The first-order valence-electron chi connectivity index (χ1n) is 7.62. The summed E-state index contributed by atoms with van der Waals surface area (Å²) in [6.07, 6.45) is 4.17. The number of nitro groups is 1. The van der Waals surface area contributed by atoms with Crippen LogP contribution in [0, 0.1) is 10.1 Å². The summed E-state index contributed by atoms with van der Waals surface area (Å²) in [5.74, 6) is -0.551. The van der Waals surface area contributed by atoms with Crippen molar-refractivity contribution in [2.75, 3.05) is 5.32 Å². The summed E-state index contributed by atoms with van der Waals surface area (Å²) >= 11 is 0. The first-order chi connectivity index (χ1) is 12.1. The van der Waals surface area contributed by atoms with E-state index in [2.05, 4.69) is 15.6 Å². The molecule has 0 saturated heterocycles. The number of hydrogen-bond donors (Lipinski definition) is 1. The second-order valence-electron chi connectivity index (χ2n) is 5.30. The molecular formula is C16H15N5O4. The molecule has 0 radical (unpaired) electrons. The predicted octanol–water partition coefficient (Wildman–Crippen LogP) is 3.11. The van der Waals surface area contributed by atoms with Gasteiger partial charge in [-0.2, -0.15) is 5.10 Å². The Hall–Kier alpha value is -3.49. The lowest BCUT2D eigenvalue weighted by atomic mass is 10.1.